The third kappa shape index (κ3) is 5.98. The normalized spacial score (nSPS) is 16.8. The van der Waals surface area contributed by atoms with Crippen LogP contribution in [0.3, 0.4) is 0 Å². The molecule has 1 aromatic carbocycles. The first-order valence-corrected chi connectivity index (χ1v) is 10.9. The fourth-order valence-electron chi connectivity index (χ4n) is 3.61. The molecule has 0 bridgehead atoms. The second-order valence-corrected chi connectivity index (χ2v) is 9.41. The SMILES string of the molecule is CC(C)(C)OC(=O)N1CCCC(F)(F)CCn2nc(-c3ccc(F)c(Cl)c3)c(C(N)=O)c2C1. The maximum Gasteiger partial charge on any atom is 0.410 e. The van der Waals surface area contributed by atoms with Crippen LogP contribution in [-0.4, -0.2) is 44.7 Å². The first-order chi connectivity index (χ1) is 15.3. The van der Waals surface area contributed by atoms with Gasteiger partial charge in [-0.15, -0.1) is 0 Å². The zero-order chi connectivity index (χ0) is 24.6. The first-order valence-electron chi connectivity index (χ1n) is 10.5. The molecule has 7 nitrogen and oxygen atoms in total. The number of carbonyl (C=O) groups excluding carboxylic acids is 2. The zero-order valence-corrected chi connectivity index (χ0v) is 19.4. The summed E-state index contributed by atoms with van der Waals surface area (Å²) in [6.45, 7) is 4.73. The summed E-state index contributed by atoms with van der Waals surface area (Å²) in [5.41, 5.74) is 5.35. The molecule has 0 saturated carbocycles. The molecular formula is C22H26ClF3N4O3. The highest BCUT2D eigenvalue weighted by atomic mass is 35.5. The van der Waals surface area contributed by atoms with Crippen molar-refractivity contribution in [1.29, 1.82) is 0 Å². The Morgan fingerprint density at radius 2 is 1.91 bits per heavy atom. The first kappa shape index (κ1) is 24.9. The molecule has 2 N–H and O–H groups in total. The highest BCUT2D eigenvalue weighted by Gasteiger charge is 2.34. The molecule has 0 aliphatic carbocycles. The lowest BCUT2D eigenvalue weighted by Crippen LogP contribution is -2.39. The number of carbonyl (C=O) groups is 2. The number of aromatic nitrogens is 2. The molecule has 1 aliphatic rings. The van der Waals surface area contributed by atoms with Gasteiger partial charge < -0.3 is 15.4 Å². The maximum atomic E-state index is 14.4. The van der Waals surface area contributed by atoms with Crippen molar-refractivity contribution in [3.05, 3.63) is 40.3 Å². The number of fused-ring (bicyclic) bond motifs is 1. The molecule has 1 aliphatic heterocycles. The molecule has 0 unspecified atom stereocenters. The highest BCUT2D eigenvalue weighted by molar-refractivity contribution is 6.31. The molecule has 2 aromatic rings. The van der Waals surface area contributed by atoms with E-state index in [2.05, 4.69) is 5.10 Å². The van der Waals surface area contributed by atoms with Crippen molar-refractivity contribution in [2.45, 2.75) is 64.6 Å². The number of benzene rings is 1. The number of alkyl halides is 2. The van der Waals surface area contributed by atoms with Crippen molar-refractivity contribution in [3.63, 3.8) is 0 Å². The zero-order valence-electron chi connectivity index (χ0n) is 18.6. The molecule has 33 heavy (non-hydrogen) atoms. The Morgan fingerprint density at radius 1 is 1.21 bits per heavy atom. The number of aryl methyl sites for hydroxylation is 1. The lowest BCUT2D eigenvalue weighted by molar-refractivity contribution is -0.0283. The molecule has 0 radical (unpaired) electrons. The smallest absolute Gasteiger partial charge is 0.410 e. The molecule has 0 atom stereocenters. The summed E-state index contributed by atoms with van der Waals surface area (Å²) >= 11 is 5.89. The lowest BCUT2D eigenvalue weighted by atomic mass is 10.0. The Kier molecular flexibility index (Phi) is 6.97. The predicted molar refractivity (Wildman–Crippen MR) is 117 cm³/mol. The number of halogens is 4. The summed E-state index contributed by atoms with van der Waals surface area (Å²) in [6.07, 6.45) is -1.57. The monoisotopic (exact) mass is 486 g/mol. The molecular weight excluding hydrogens is 461 g/mol. The molecule has 0 fully saturated rings. The van der Waals surface area contributed by atoms with Crippen LogP contribution in [0.5, 0.6) is 0 Å². The van der Waals surface area contributed by atoms with Gasteiger partial charge in [-0.2, -0.15) is 5.10 Å². The molecule has 0 spiro atoms. The Bertz CT molecular complexity index is 1070. The van der Waals surface area contributed by atoms with Gasteiger partial charge in [0, 0.05) is 31.5 Å². The van der Waals surface area contributed by atoms with E-state index in [1.807, 2.05) is 0 Å². The van der Waals surface area contributed by atoms with Gasteiger partial charge in [-0.25, -0.2) is 18.0 Å². The van der Waals surface area contributed by atoms with Crippen molar-refractivity contribution < 1.29 is 27.5 Å². The summed E-state index contributed by atoms with van der Waals surface area (Å²) in [4.78, 5) is 26.5. The quantitative estimate of drug-likeness (QED) is 0.647. The van der Waals surface area contributed by atoms with Gasteiger partial charge in [-0.3, -0.25) is 9.48 Å². The topological polar surface area (TPSA) is 90.4 Å². The van der Waals surface area contributed by atoms with Gasteiger partial charge in [-0.05, 0) is 45.4 Å². The van der Waals surface area contributed by atoms with Gasteiger partial charge in [-0.1, -0.05) is 11.6 Å². The van der Waals surface area contributed by atoms with Crippen LogP contribution in [0.25, 0.3) is 11.3 Å². The number of amides is 2. The summed E-state index contributed by atoms with van der Waals surface area (Å²) in [6, 6.07) is 3.75. The Labute approximate surface area is 194 Å². The second kappa shape index (κ2) is 9.24. The van der Waals surface area contributed by atoms with Crippen molar-refractivity contribution >= 4 is 23.6 Å². The van der Waals surface area contributed by atoms with E-state index in [0.717, 1.165) is 6.07 Å². The van der Waals surface area contributed by atoms with E-state index in [0.29, 0.717) is 5.56 Å². The fraction of sp³-hybridized carbons (Fsp3) is 0.500. The van der Waals surface area contributed by atoms with E-state index >= 15 is 0 Å². The van der Waals surface area contributed by atoms with Gasteiger partial charge in [0.15, 0.2) is 0 Å². The number of rotatable bonds is 2. The van der Waals surface area contributed by atoms with Crippen LogP contribution >= 0.6 is 11.6 Å². The summed E-state index contributed by atoms with van der Waals surface area (Å²) < 4.78 is 49.2. The minimum atomic E-state index is -2.99. The average molecular weight is 487 g/mol. The van der Waals surface area contributed by atoms with E-state index in [9.17, 15) is 22.8 Å². The summed E-state index contributed by atoms with van der Waals surface area (Å²) in [7, 11) is 0. The van der Waals surface area contributed by atoms with Crippen LogP contribution in [0.4, 0.5) is 18.0 Å². The number of nitrogens with two attached hydrogens (primary N) is 1. The van der Waals surface area contributed by atoms with Gasteiger partial charge in [0.25, 0.3) is 5.91 Å². The molecule has 180 valence electrons. The predicted octanol–water partition coefficient (Wildman–Crippen LogP) is 5.00. The van der Waals surface area contributed by atoms with E-state index in [1.165, 1.54) is 21.7 Å². The van der Waals surface area contributed by atoms with E-state index < -0.39 is 42.2 Å². The van der Waals surface area contributed by atoms with Crippen LogP contribution in [0.1, 0.15) is 56.1 Å². The Hall–Kier alpha value is -2.75. The van der Waals surface area contributed by atoms with Gasteiger partial charge in [0.05, 0.1) is 22.8 Å². The van der Waals surface area contributed by atoms with Crippen molar-refractivity contribution in [2.75, 3.05) is 6.54 Å². The van der Waals surface area contributed by atoms with Crippen LogP contribution in [0.2, 0.25) is 5.02 Å². The molecule has 2 heterocycles. The molecule has 2 amide bonds. The standard InChI is InChI=1S/C22H26ClF3N4O3/c1-21(2,3)33-20(32)29-9-4-7-22(25,26)8-10-30-16(12-29)17(19(27)31)18(28-30)13-5-6-15(24)14(23)11-13/h5-6,11H,4,7-10,12H2,1-3H3,(H2,27,31). The Morgan fingerprint density at radius 3 is 2.52 bits per heavy atom. The van der Waals surface area contributed by atoms with Crippen LogP contribution < -0.4 is 5.73 Å². The number of nitrogens with zero attached hydrogens (tertiary/aromatic N) is 3. The molecule has 1 aromatic heterocycles. The molecule has 3 rings (SSSR count). The molecule has 11 heteroatoms. The van der Waals surface area contributed by atoms with Crippen molar-refractivity contribution in [1.82, 2.24) is 14.7 Å². The number of hydrogen-bond donors (Lipinski definition) is 1. The van der Waals surface area contributed by atoms with Crippen molar-refractivity contribution in [3.8, 4) is 11.3 Å². The number of hydrogen-bond acceptors (Lipinski definition) is 4. The van der Waals surface area contributed by atoms with Crippen LogP contribution in [-0.2, 0) is 17.8 Å². The number of primary amides is 1. The van der Waals surface area contributed by atoms with Crippen molar-refractivity contribution in [2.24, 2.45) is 5.73 Å². The minimum Gasteiger partial charge on any atom is -0.444 e. The van der Waals surface area contributed by atoms with Crippen LogP contribution in [0.15, 0.2) is 18.2 Å². The van der Waals surface area contributed by atoms with Gasteiger partial charge >= 0.3 is 6.09 Å². The van der Waals surface area contributed by atoms with E-state index in [4.69, 9.17) is 22.1 Å². The van der Waals surface area contributed by atoms with Gasteiger partial charge in [0.2, 0.25) is 5.92 Å². The molecule has 0 saturated heterocycles. The highest BCUT2D eigenvalue weighted by Crippen LogP contribution is 2.32. The average Bonchev–Trinajstić information content (AvgIpc) is 3.05. The minimum absolute atomic E-state index is 0.00834. The second-order valence-electron chi connectivity index (χ2n) is 9.00. The Balaban J connectivity index is 2.13. The number of ether oxygens (including phenoxy) is 1. The maximum absolute atomic E-state index is 14.4. The summed E-state index contributed by atoms with van der Waals surface area (Å²) in [5.74, 6) is -4.52. The van der Waals surface area contributed by atoms with E-state index in [-0.39, 0.29) is 48.0 Å². The fourth-order valence-corrected chi connectivity index (χ4v) is 3.79. The third-order valence-corrected chi connectivity index (χ3v) is 5.44. The largest absolute Gasteiger partial charge is 0.444 e. The van der Waals surface area contributed by atoms with Crippen LogP contribution in [0, 0.1) is 5.82 Å². The third-order valence-electron chi connectivity index (χ3n) is 5.15. The lowest BCUT2D eigenvalue weighted by Gasteiger charge is -2.29. The summed E-state index contributed by atoms with van der Waals surface area (Å²) in [5, 5.41) is 4.15. The van der Waals surface area contributed by atoms with E-state index in [1.54, 1.807) is 20.8 Å². The van der Waals surface area contributed by atoms with Gasteiger partial charge in [0.1, 0.15) is 17.1 Å².